The van der Waals surface area contributed by atoms with E-state index in [1.807, 2.05) is 0 Å². The van der Waals surface area contributed by atoms with Crippen LogP contribution in [0.5, 0.6) is 0 Å². The molecule has 0 saturated carbocycles. The molecule has 0 spiro atoms. The largest absolute Gasteiger partial charge is 0.279 e. The third-order valence-corrected chi connectivity index (χ3v) is 10.4. The molecule has 3 heteroatoms. The first-order valence-electron chi connectivity index (χ1n) is 13.1. The molecule has 6 aromatic carbocycles. The monoisotopic (exact) mass is 522 g/mol. The minimum Gasteiger partial charge on any atom is -0.279 e. The summed E-state index contributed by atoms with van der Waals surface area (Å²) in [7, 11) is -2.18. The molecular formula is C36H30N2S. The van der Waals surface area contributed by atoms with Crippen LogP contribution in [0.3, 0.4) is 0 Å². The average Bonchev–Trinajstić information content (AvgIpc) is 3.03. The lowest BCUT2D eigenvalue weighted by molar-refractivity contribution is 1.23. The number of rotatable bonds is 8. The number of hydrogen-bond acceptors (Lipinski definition) is 2. The van der Waals surface area contributed by atoms with Crippen LogP contribution in [-0.4, -0.2) is 0 Å². The minimum atomic E-state index is -2.18. The van der Waals surface area contributed by atoms with Gasteiger partial charge in [0, 0.05) is 9.79 Å². The van der Waals surface area contributed by atoms with Crippen LogP contribution in [0.2, 0.25) is 0 Å². The first kappa shape index (κ1) is 24.6. The molecule has 190 valence electrons. The Kier molecular flexibility index (Phi) is 7.15. The molecule has 0 heterocycles. The van der Waals surface area contributed by atoms with Crippen LogP contribution in [0.25, 0.3) is 0 Å². The van der Waals surface area contributed by atoms with E-state index in [2.05, 4.69) is 191 Å². The van der Waals surface area contributed by atoms with Crippen LogP contribution < -0.4 is 8.61 Å². The molecule has 0 aliphatic carbocycles. The van der Waals surface area contributed by atoms with E-state index in [4.69, 9.17) is 0 Å². The van der Waals surface area contributed by atoms with Crippen LogP contribution in [0.4, 0.5) is 22.7 Å². The minimum absolute atomic E-state index is 1.13. The van der Waals surface area contributed by atoms with Crippen molar-refractivity contribution >= 4 is 33.1 Å². The SMILES string of the molecule is c1ccc(N(c2ccccc2)S(c2ccccc2)(c2ccccc2)N(c2ccccc2)c2ccccc2)cc1. The maximum Gasteiger partial charge on any atom is 0.0531 e. The van der Waals surface area contributed by atoms with Gasteiger partial charge in [0.2, 0.25) is 0 Å². The quantitative estimate of drug-likeness (QED) is 0.196. The average molecular weight is 523 g/mol. The molecule has 0 radical (unpaired) electrons. The summed E-state index contributed by atoms with van der Waals surface area (Å²) < 4.78 is 5.11. The summed E-state index contributed by atoms with van der Waals surface area (Å²) in [6.45, 7) is 0. The summed E-state index contributed by atoms with van der Waals surface area (Å²) in [5.74, 6) is 0. The van der Waals surface area contributed by atoms with Crippen molar-refractivity contribution < 1.29 is 0 Å². The zero-order valence-corrected chi connectivity index (χ0v) is 22.4. The van der Waals surface area contributed by atoms with Crippen molar-refractivity contribution in [1.82, 2.24) is 0 Å². The fraction of sp³-hybridized carbons (Fsp3) is 0. The van der Waals surface area contributed by atoms with E-state index >= 15 is 0 Å². The van der Waals surface area contributed by atoms with Gasteiger partial charge in [-0.3, -0.25) is 8.61 Å². The highest BCUT2D eigenvalue weighted by Crippen LogP contribution is 2.73. The van der Waals surface area contributed by atoms with Crippen LogP contribution >= 0.6 is 10.4 Å². The second kappa shape index (κ2) is 11.3. The van der Waals surface area contributed by atoms with Gasteiger partial charge in [0.15, 0.2) is 0 Å². The summed E-state index contributed by atoms with van der Waals surface area (Å²) >= 11 is 0. The lowest BCUT2D eigenvalue weighted by Crippen LogP contribution is -2.36. The van der Waals surface area contributed by atoms with Crippen molar-refractivity contribution in [2.24, 2.45) is 0 Å². The summed E-state index contributed by atoms with van der Waals surface area (Å²) in [6, 6.07) is 65.0. The van der Waals surface area contributed by atoms with Crippen molar-refractivity contribution in [1.29, 1.82) is 0 Å². The fourth-order valence-electron chi connectivity index (χ4n) is 5.02. The lowest BCUT2D eigenvalue weighted by Gasteiger charge is -2.57. The molecule has 39 heavy (non-hydrogen) atoms. The smallest absolute Gasteiger partial charge is 0.0531 e. The molecule has 0 aliphatic heterocycles. The van der Waals surface area contributed by atoms with E-state index in [0.717, 1.165) is 22.7 Å². The molecule has 6 rings (SSSR count). The molecule has 2 nitrogen and oxygen atoms in total. The summed E-state index contributed by atoms with van der Waals surface area (Å²) in [5.41, 5.74) is 4.51. The highest BCUT2D eigenvalue weighted by atomic mass is 32.3. The molecule has 6 aromatic rings. The molecule has 0 aromatic heterocycles. The summed E-state index contributed by atoms with van der Waals surface area (Å²) in [6.07, 6.45) is 0. The zero-order chi connectivity index (χ0) is 26.3. The molecule has 0 fully saturated rings. The van der Waals surface area contributed by atoms with E-state index in [-0.39, 0.29) is 0 Å². The van der Waals surface area contributed by atoms with Crippen molar-refractivity contribution in [3.8, 4) is 0 Å². The van der Waals surface area contributed by atoms with Gasteiger partial charge >= 0.3 is 0 Å². The van der Waals surface area contributed by atoms with Crippen molar-refractivity contribution in [3.63, 3.8) is 0 Å². The fourth-order valence-corrected chi connectivity index (χ4v) is 9.08. The lowest BCUT2D eigenvalue weighted by atomic mass is 10.3. The van der Waals surface area contributed by atoms with Crippen LogP contribution in [0.15, 0.2) is 192 Å². The number of nitrogens with zero attached hydrogens (tertiary/aromatic N) is 2. The molecule has 0 bridgehead atoms. The maximum absolute atomic E-state index is 2.55. The predicted molar refractivity (Wildman–Crippen MR) is 167 cm³/mol. The molecule has 0 saturated heterocycles. The van der Waals surface area contributed by atoms with Gasteiger partial charge in [0.05, 0.1) is 22.7 Å². The summed E-state index contributed by atoms with van der Waals surface area (Å²) in [4.78, 5) is 2.47. The Labute approximate surface area is 233 Å². The second-order valence-electron chi connectivity index (χ2n) is 9.11. The van der Waals surface area contributed by atoms with E-state index in [1.165, 1.54) is 9.79 Å². The van der Waals surface area contributed by atoms with Gasteiger partial charge in [-0.05, 0) is 83.2 Å². The molecule has 0 N–H and O–H groups in total. The third-order valence-electron chi connectivity index (χ3n) is 6.64. The Hall–Kier alpha value is -4.73. The number of para-hydroxylation sites is 4. The Balaban J connectivity index is 1.82. The molecular weight excluding hydrogens is 492 g/mol. The van der Waals surface area contributed by atoms with Crippen molar-refractivity contribution in [2.75, 3.05) is 8.61 Å². The molecule has 0 atom stereocenters. The second-order valence-corrected chi connectivity index (χ2v) is 11.9. The highest BCUT2D eigenvalue weighted by molar-refractivity contribution is 8.36. The van der Waals surface area contributed by atoms with Gasteiger partial charge in [0.1, 0.15) is 0 Å². The van der Waals surface area contributed by atoms with Crippen molar-refractivity contribution in [3.05, 3.63) is 182 Å². The Morgan fingerprint density at radius 2 is 0.462 bits per heavy atom. The number of hydrogen-bond donors (Lipinski definition) is 0. The zero-order valence-electron chi connectivity index (χ0n) is 21.6. The number of benzene rings is 6. The first-order valence-corrected chi connectivity index (χ1v) is 14.7. The van der Waals surface area contributed by atoms with Gasteiger partial charge < -0.3 is 0 Å². The Bertz CT molecular complexity index is 1370. The van der Waals surface area contributed by atoms with Gasteiger partial charge in [-0.25, -0.2) is 0 Å². The Morgan fingerprint density at radius 1 is 0.256 bits per heavy atom. The van der Waals surface area contributed by atoms with Crippen LogP contribution in [0, 0.1) is 0 Å². The van der Waals surface area contributed by atoms with Crippen molar-refractivity contribution in [2.45, 2.75) is 9.79 Å². The summed E-state index contributed by atoms with van der Waals surface area (Å²) in [5, 5.41) is 0. The molecule has 0 unspecified atom stereocenters. The van der Waals surface area contributed by atoms with E-state index in [9.17, 15) is 0 Å². The molecule has 0 amide bonds. The highest BCUT2D eigenvalue weighted by Gasteiger charge is 2.43. The Morgan fingerprint density at radius 3 is 0.692 bits per heavy atom. The van der Waals surface area contributed by atoms with E-state index in [1.54, 1.807) is 0 Å². The topological polar surface area (TPSA) is 6.48 Å². The standard InChI is InChI=1S/C36H30N2S/c1-7-19-31(20-8-1)37(32-21-9-2-10-22-32)39(35-27-15-5-16-28-35,36-29-17-6-18-30-36)38(33-23-11-3-12-24-33)34-25-13-4-14-26-34/h1-30H. The maximum atomic E-state index is 2.55. The van der Waals surface area contributed by atoms with E-state index < -0.39 is 10.4 Å². The van der Waals surface area contributed by atoms with Gasteiger partial charge in [-0.15, -0.1) is 0 Å². The third kappa shape index (κ3) is 4.69. The van der Waals surface area contributed by atoms with Gasteiger partial charge in [0.25, 0.3) is 0 Å². The van der Waals surface area contributed by atoms with Crippen LogP contribution in [0.1, 0.15) is 0 Å². The van der Waals surface area contributed by atoms with E-state index in [0.29, 0.717) is 0 Å². The van der Waals surface area contributed by atoms with Gasteiger partial charge in [-0.2, -0.15) is 0 Å². The first-order chi connectivity index (χ1) is 19.4. The number of anilines is 4. The predicted octanol–water partition coefficient (Wildman–Crippen LogP) is 10.4. The molecule has 0 aliphatic rings. The van der Waals surface area contributed by atoms with Gasteiger partial charge in [-0.1, -0.05) is 109 Å². The van der Waals surface area contributed by atoms with Crippen LogP contribution in [-0.2, 0) is 0 Å². The normalized spacial score (nSPS) is 11.5.